The van der Waals surface area contributed by atoms with Crippen LogP contribution in [0.4, 0.5) is 11.6 Å². The lowest BCUT2D eigenvalue weighted by atomic mass is 10.2. The average Bonchev–Trinajstić information content (AvgIpc) is 3.22. The Morgan fingerprint density at radius 3 is 2.58 bits per heavy atom. The van der Waals surface area contributed by atoms with E-state index in [1.54, 1.807) is 0 Å². The van der Waals surface area contributed by atoms with Crippen molar-refractivity contribution in [3.8, 4) is 0 Å². The molecule has 0 aliphatic heterocycles. The molecule has 1 aromatic rings. The quantitative estimate of drug-likeness (QED) is 0.789. The minimum atomic E-state index is 0.336. The zero-order valence-electron chi connectivity index (χ0n) is 12.4. The first-order chi connectivity index (χ1) is 9.10. The van der Waals surface area contributed by atoms with E-state index in [1.165, 1.54) is 12.8 Å². The van der Waals surface area contributed by atoms with E-state index in [4.69, 9.17) is 0 Å². The number of anilines is 2. The molecule has 1 fully saturated rings. The molecule has 0 radical (unpaired) electrons. The van der Waals surface area contributed by atoms with E-state index in [0.29, 0.717) is 5.92 Å². The van der Waals surface area contributed by atoms with Gasteiger partial charge in [-0.2, -0.15) is 0 Å². The lowest BCUT2D eigenvalue weighted by Gasteiger charge is -2.16. The average molecular weight is 263 g/mol. The SMILES string of the molecule is CNc1cc(NCCN(C)C2CC2)nc(C(C)C)n1. The van der Waals surface area contributed by atoms with Gasteiger partial charge in [-0.1, -0.05) is 13.8 Å². The number of hydrogen-bond acceptors (Lipinski definition) is 5. The Bertz CT molecular complexity index is 414. The van der Waals surface area contributed by atoms with Crippen molar-refractivity contribution in [3.05, 3.63) is 11.9 Å². The molecule has 1 saturated carbocycles. The molecule has 0 atom stereocenters. The summed E-state index contributed by atoms with van der Waals surface area (Å²) in [4.78, 5) is 11.4. The van der Waals surface area contributed by atoms with Gasteiger partial charge in [0.15, 0.2) is 0 Å². The van der Waals surface area contributed by atoms with Crippen LogP contribution in [0.1, 0.15) is 38.4 Å². The summed E-state index contributed by atoms with van der Waals surface area (Å²) in [6.45, 7) is 6.20. The molecule has 106 valence electrons. The molecule has 5 heteroatoms. The smallest absolute Gasteiger partial charge is 0.135 e. The molecule has 19 heavy (non-hydrogen) atoms. The minimum Gasteiger partial charge on any atom is -0.373 e. The lowest BCUT2D eigenvalue weighted by Crippen LogP contribution is -2.27. The molecule has 0 aromatic carbocycles. The fraction of sp³-hybridized carbons (Fsp3) is 0.714. The molecule has 5 nitrogen and oxygen atoms in total. The van der Waals surface area contributed by atoms with E-state index in [2.05, 4.69) is 46.4 Å². The summed E-state index contributed by atoms with van der Waals surface area (Å²) >= 11 is 0. The van der Waals surface area contributed by atoms with Gasteiger partial charge in [0.2, 0.25) is 0 Å². The molecule has 0 amide bonds. The second kappa shape index (κ2) is 6.19. The Kier molecular flexibility index (Phi) is 4.58. The highest BCUT2D eigenvalue weighted by molar-refractivity contribution is 5.47. The summed E-state index contributed by atoms with van der Waals surface area (Å²) in [6.07, 6.45) is 2.71. The van der Waals surface area contributed by atoms with Gasteiger partial charge in [-0.15, -0.1) is 0 Å². The number of likely N-dealkylation sites (N-methyl/N-ethyl adjacent to an activating group) is 1. The second-order valence-electron chi connectivity index (χ2n) is 5.54. The Hall–Kier alpha value is -1.36. The number of aromatic nitrogens is 2. The third-order valence-corrected chi connectivity index (χ3v) is 3.46. The van der Waals surface area contributed by atoms with Crippen LogP contribution in [0.5, 0.6) is 0 Å². The summed E-state index contributed by atoms with van der Waals surface area (Å²) in [6, 6.07) is 2.77. The molecule has 1 heterocycles. The Labute approximate surface area is 115 Å². The van der Waals surface area contributed by atoms with Gasteiger partial charge in [0.1, 0.15) is 17.5 Å². The zero-order chi connectivity index (χ0) is 13.8. The van der Waals surface area contributed by atoms with Crippen LogP contribution in [0, 0.1) is 0 Å². The maximum absolute atomic E-state index is 4.56. The molecule has 2 N–H and O–H groups in total. The second-order valence-corrected chi connectivity index (χ2v) is 5.54. The van der Waals surface area contributed by atoms with Crippen molar-refractivity contribution < 1.29 is 0 Å². The highest BCUT2D eigenvalue weighted by Crippen LogP contribution is 2.24. The maximum atomic E-state index is 4.56. The minimum absolute atomic E-state index is 0.336. The van der Waals surface area contributed by atoms with E-state index in [9.17, 15) is 0 Å². The molecule has 1 aromatic heterocycles. The maximum Gasteiger partial charge on any atom is 0.135 e. The molecule has 0 spiro atoms. The van der Waals surface area contributed by atoms with E-state index in [1.807, 2.05) is 13.1 Å². The summed E-state index contributed by atoms with van der Waals surface area (Å²) in [5.41, 5.74) is 0. The predicted molar refractivity (Wildman–Crippen MR) is 79.8 cm³/mol. The van der Waals surface area contributed by atoms with Crippen LogP contribution < -0.4 is 10.6 Å². The van der Waals surface area contributed by atoms with E-state index < -0.39 is 0 Å². The summed E-state index contributed by atoms with van der Waals surface area (Å²) in [7, 11) is 4.08. The summed E-state index contributed by atoms with van der Waals surface area (Å²) in [5, 5.41) is 6.48. The largest absolute Gasteiger partial charge is 0.373 e. The molecule has 2 rings (SSSR count). The highest BCUT2D eigenvalue weighted by Gasteiger charge is 2.25. The lowest BCUT2D eigenvalue weighted by molar-refractivity contribution is 0.337. The summed E-state index contributed by atoms with van der Waals surface area (Å²) in [5.74, 6) is 3.00. The third-order valence-electron chi connectivity index (χ3n) is 3.46. The van der Waals surface area contributed by atoms with Gasteiger partial charge in [-0.25, -0.2) is 9.97 Å². The van der Waals surface area contributed by atoms with Crippen LogP contribution in [-0.2, 0) is 0 Å². The first kappa shape index (κ1) is 14.1. The van der Waals surface area contributed by atoms with Crippen LogP contribution in [0.25, 0.3) is 0 Å². The number of nitrogens with one attached hydrogen (secondary N) is 2. The van der Waals surface area contributed by atoms with Crippen molar-refractivity contribution in [2.75, 3.05) is 37.8 Å². The number of rotatable bonds is 7. The summed E-state index contributed by atoms with van der Waals surface area (Å²) < 4.78 is 0. The van der Waals surface area contributed by atoms with Crippen molar-refractivity contribution in [3.63, 3.8) is 0 Å². The van der Waals surface area contributed by atoms with Gasteiger partial charge in [-0.3, -0.25) is 0 Å². The highest BCUT2D eigenvalue weighted by atomic mass is 15.2. The molecule has 0 saturated heterocycles. The van der Waals surface area contributed by atoms with Crippen LogP contribution in [0.15, 0.2) is 6.07 Å². The molecular weight excluding hydrogens is 238 g/mol. The zero-order valence-corrected chi connectivity index (χ0v) is 12.4. The molecule has 1 aliphatic carbocycles. The van der Waals surface area contributed by atoms with E-state index in [-0.39, 0.29) is 0 Å². The van der Waals surface area contributed by atoms with Crippen molar-refractivity contribution in [2.45, 2.75) is 38.6 Å². The van der Waals surface area contributed by atoms with Gasteiger partial charge in [0.05, 0.1) is 0 Å². The Morgan fingerprint density at radius 2 is 2.00 bits per heavy atom. The van der Waals surface area contributed by atoms with E-state index >= 15 is 0 Å². The molecule has 1 aliphatic rings. The van der Waals surface area contributed by atoms with Crippen LogP contribution >= 0.6 is 0 Å². The molecular formula is C14H25N5. The van der Waals surface area contributed by atoms with Crippen LogP contribution in [0.2, 0.25) is 0 Å². The Morgan fingerprint density at radius 1 is 1.32 bits per heavy atom. The van der Waals surface area contributed by atoms with Crippen LogP contribution in [0.3, 0.4) is 0 Å². The first-order valence-electron chi connectivity index (χ1n) is 7.11. The fourth-order valence-corrected chi connectivity index (χ4v) is 2.00. The third kappa shape index (κ3) is 4.06. The van der Waals surface area contributed by atoms with Crippen LogP contribution in [-0.4, -0.2) is 48.1 Å². The number of hydrogen-bond donors (Lipinski definition) is 2. The van der Waals surface area contributed by atoms with Crippen molar-refractivity contribution in [1.29, 1.82) is 0 Å². The van der Waals surface area contributed by atoms with Gasteiger partial charge >= 0.3 is 0 Å². The topological polar surface area (TPSA) is 53.1 Å². The number of nitrogens with zero attached hydrogens (tertiary/aromatic N) is 3. The predicted octanol–water partition coefficient (Wildman–Crippen LogP) is 2.15. The van der Waals surface area contributed by atoms with E-state index in [0.717, 1.165) is 36.6 Å². The molecule has 0 bridgehead atoms. The van der Waals surface area contributed by atoms with Gasteiger partial charge in [0, 0.05) is 38.2 Å². The Balaban J connectivity index is 1.92. The molecule has 0 unspecified atom stereocenters. The van der Waals surface area contributed by atoms with Gasteiger partial charge < -0.3 is 15.5 Å². The standard InChI is InChI=1S/C14H25N5/c1-10(2)14-17-12(15-3)9-13(18-14)16-7-8-19(4)11-5-6-11/h9-11H,5-8H2,1-4H3,(H2,15,16,17,18). The normalized spacial score (nSPS) is 15.1. The fourth-order valence-electron chi connectivity index (χ4n) is 2.00. The first-order valence-corrected chi connectivity index (χ1v) is 7.11. The van der Waals surface area contributed by atoms with Crippen molar-refractivity contribution in [1.82, 2.24) is 14.9 Å². The van der Waals surface area contributed by atoms with Gasteiger partial charge in [-0.05, 0) is 19.9 Å². The monoisotopic (exact) mass is 263 g/mol. The van der Waals surface area contributed by atoms with Crippen molar-refractivity contribution in [2.24, 2.45) is 0 Å². The van der Waals surface area contributed by atoms with Gasteiger partial charge in [0.25, 0.3) is 0 Å². The van der Waals surface area contributed by atoms with Crippen molar-refractivity contribution >= 4 is 11.6 Å².